The predicted octanol–water partition coefficient (Wildman–Crippen LogP) is 3.10. The Morgan fingerprint density at radius 2 is 1.88 bits per heavy atom. The van der Waals surface area contributed by atoms with Gasteiger partial charge >= 0.3 is 0 Å². The monoisotopic (exact) mass is 360 g/mol. The molecule has 0 spiro atoms. The van der Waals surface area contributed by atoms with Crippen molar-refractivity contribution in [3.8, 4) is 0 Å². The van der Waals surface area contributed by atoms with Crippen molar-refractivity contribution in [3.05, 3.63) is 21.2 Å². The molecule has 2 atom stereocenters. The van der Waals surface area contributed by atoms with E-state index in [1.54, 1.807) is 0 Å². The van der Waals surface area contributed by atoms with E-state index in [4.69, 9.17) is 0 Å². The Balaban J connectivity index is 1.94. The fourth-order valence-electron chi connectivity index (χ4n) is 3.09. The highest BCUT2D eigenvalue weighted by Gasteiger charge is 2.41. The number of aliphatic hydroxyl groups is 1. The molecule has 2 aliphatic rings. The van der Waals surface area contributed by atoms with Crippen molar-refractivity contribution < 1.29 is 5.11 Å². The summed E-state index contributed by atoms with van der Waals surface area (Å²) in [5, 5.41) is 9.80. The Labute approximate surface area is 117 Å². The Hall–Kier alpha value is -0.130. The molecule has 0 saturated carbocycles. The summed E-state index contributed by atoms with van der Waals surface area (Å²) in [7, 11) is 0. The van der Waals surface area contributed by atoms with Gasteiger partial charge in [-0.05, 0) is 63.6 Å². The van der Waals surface area contributed by atoms with E-state index in [0.717, 1.165) is 27.6 Å². The molecule has 2 unspecified atom stereocenters. The smallest absolute Gasteiger partial charge is 0.143 e. The molecule has 5 heteroatoms. The van der Waals surface area contributed by atoms with Crippen molar-refractivity contribution in [3.63, 3.8) is 0 Å². The number of halogens is 2. The predicted molar refractivity (Wildman–Crippen MR) is 74.2 cm³/mol. The van der Waals surface area contributed by atoms with Gasteiger partial charge in [0.15, 0.2) is 0 Å². The average molecular weight is 362 g/mol. The van der Waals surface area contributed by atoms with Crippen LogP contribution < -0.4 is 4.90 Å². The maximum Gasteiger partial charge on any atom is 0.143 e. The molecule has 0 amide bonds. The molecule has 2 saturated heterocycles. The lowest BCUT2D eigenvalue weighted by atomic mass is 10.00. The van der Waals surface area contributed by atoms with Crippen LogP contribution in [-0.2, 0) is 0 Å². The molecule has 0 aromatic carbocycles. The first-order valence-corrected chi connectivity index (χ1v) is 7.51. The van der Waals surface area contributed by atoms with Crippen molar-refractivity contribution in [2.75, 3.05) is 4.90 Å². The number of hydrogen-bond donors (Lipinski definition) is 1. The third kappa shape index (κ3) is 2.13. The van der Waals surface area contributed by atoms with E-state index in [9.17, 15) is 5.11 Å². The third-order valence-electron chi connectivity index (χ3n) is 3.74. The van der Waals surface area contributed by atoms with Crippen LogP contribution in [0, 0.1) is 0 Å². The highest BCUT2D eigenvalue weighted by atomic mass is 79.9. The van der Waals surface area contributed by atoms with E-state index in [1.165, 1.54) is 12.8 Å². The van der Waals surface area contributed by atoms with Crippen LogP contribution in [0.3, 0.4) is 0 Å². The summed E-state index contributed by atoms with van der Waals surface area (Å²) in [6.07, 6.45) is 5.81. The molecule has 0 radical (unpaired) electrons. The summed E-state index contributed by atoms with van der Waals surface area (Å²) in [6, 6.07) is 2.94. The maximum atomic E-state index is 9.80. The zero-order valence-corrected chi connectivity index (χ0v) is 12.5. The van der Waals surface area contributed by atoms with Crippen molar-refractivity contribution in [1.29, 1.82) is 0 Å². The van der Waals surface area contributed by atoms with Crippen molar-refractivity contribution >= 4 is 37.7 Å². The van der Waals surface area contributed by atoms with E-state index >= 15 is 0 Å². The van der Waals surface area contributed by atoms with Crippen LogP contribution in [-0.4, -0.2) is 28.3 Å². The number of hydrogen-bond acceptors (Lipinski definition) is 3. The van der Waals surface area contributed by atoms with Gasteiger partial charge in [0.2, 0.25) is 0 Å². The van der Waals surface area contributed by atoms with Crippen LogP contribution in [0.25, 0.3) is 0 Å². The largest absolute Gasteiger partial charge is 0.393 e. The van der Waals surface area contributed by atoms with Gasteiger partial charge in [0.1, 0.15) is 5.82 Å². The van der Waals surface area contributed by atoms with E-state index in [1.807, 2.05) is 12.3 Å². The first-order chi connectivity index (χ1) is 8.15. The van der Waals surface area contributed by atoms with Gasteiger partial charge in [-0.1, -0.05) is 0 Å². The minimum Gasteiger partial charge on any atom is -0.393 e. The summed E-state index contributed by atoms with van der Waals surface area (Å²) < 4.78 is 2.01. The lowest BCUT2D eigenvalue weighted by molar-refractivity contribution is 0.126. The van der Waals surface area contributed by atoms with Gasteiger partial charge in [-0.15, -0.1) is 0 Å². The Bertz CT molecular complexity index is 427. The number of rotatable bonds is 1. The zero-order chi connectivity index (χ0) is 12.0. The average Bonchev–Trinajstić information content (AvgIpc) is 2.53. The first kappa shape index (κ1) is 11.9. The van der Waals surface area contributed by atoms with Crippen LogP contribution >= 0.6 is 31.9 Å². The summed E-state index contributed by atoms with van der Waals surface area (Å²) in [5.74, 6) is 1.02. The molecule has 17 heavy (non-hydrogen) atoms. The number of fused-ring (bicyclic) bond motifs is 2. The molecule has 1 N–H and O–H groups in total. The normalized spacial score (nSPS) is 31.9. The highest BCUT2D eigenvalue weighted by molar-refractivity contribution is 9.11. The van der Waals surface area contributed by atoms with Gasteiger partial charge in [0.25, 0.3) is 0 Å². The van der Waals surface area contributed by atoms with Gasteiger partial charge < -0.3 is 10.0 Å². The summed E-state index contributed by atoms with van der Waals surface area (Å²) in [5.41, 5.74) is 0. The standard InChI is InChI=1S/C12H14Br2N2O/c13-7-3-11(14)12(15-6-7)16-8-1-2-9(16)5-10(17)4-8/h3,6,8-10,17H,1-2,4-5H2. The second-order valence-corrected chi connectivity index (χ2v) is 6.65. The van der Waals surface area contributed by atoms with Gasteiger partial charge in [-0.2, -0.15) is 0 Å². The summed E-state index contributed by atoms with van der Waals surface area (Å²) in [6.45, 7) is 0. The van der Waals surface area contributed by atoms with Crippen LogP contribution in [0.2, 0.25) is 0 Å². The van der Waals surface area contributed by atoms with Crippen LogP contribution in [0.5, 0.6) is 0 Å². The first-order valence-electron chi connectivity index (χ1n) is 5.92. The maximum absolute atomic E-state index is 9.80. The zero-order valence-electron chi connectivity index (χ0n) is 9.31. The molecule has 0 aliphatic carbocycles. The molecule has 92 valence electrons. The quantitative estimate of drug-likeness (QED) is 0.834. The highest BCUT2D eigenvalue weighted by Crippen LogP contribution is 2.41. The molecule has 3 nitrogen and oxygen atoms in total. The molecule has 1 aromatic heterocycles. The van der Waals surface area contributed by atoms with Gasteiger partial charge in [-0.25, -0.2) is 4.98 Å². The second-order valence-electron chi connectivity index (χ2n) is 4.88. The molecule has 2 bridgehead atoms. The number of aliphatic hydroxyl groups excluding tert-OH is 1. The minimum atomic E-state index is -0.127. The number of pyridine rings is 1. The molecule has 2 aliphatic heterocycles. The molecule has 1 aromatic rings. The Morgan fingerprint density at radius 1 is 1.24 bits per heavy atom. The molecule has 2 fully saturated rings. The lowest BCUT2D eigenvalue weighted by Crippen LogP contribution is -2.45. The van der Waals surface area contributed by atoms with Crippen molar-refractivity contribution in [2.45, 2.75) is 43.9 Å². The molecular weight excluding hydrogens is 348 g/mol. The minimum absolute atomic E-state index is 0.127. The number of piperidine rings is 1. The third-order valence-corrected chi connectivity index (χ3v) is 4.76. The Kier molecular flexibility index (Phi) is 3.17. The number of nitrogens with zero attached hydrogens (tertiary/aromatic N) is 2. The molecular formula is C12H14Br2N2O. The Morgan fingerprint density at radius 3 is 2.47 bits per heavy atom. The van der Waals surface area contributed by atoms with E-state index < -0.39 is 0 Å². The number of anilines is 1. The number of aromatic nitrogens is 1. The van der Waals surface area contributed by atoms with E-state index in [2.05, 4.69) is 41.7 Å². The van der Waals surface area contributed by atoms with Gasteiger partial charge in [-0.3, -0.25) is 0 Å². The van der Waals surface area contributed by atoms with E-state index in [-0.39, 0.29) is 6.10 Å². The summed E-state index contributed by atoms with van der Waals surface area (Å²) >= 11 is 7.01. The van der Waals surface area contributed by atoms with Crippen LogP contribution in [0.15, 0.2) is 21.2 Å². The van der Waals surface area contributed by atoms with E-state index in [0.29, 0.717) is 12.1 Å². The van der Waals surface area contributed by atoms with Crippen molar-refractivity contribution in [1.82, 2.24) is 4.98 Å². The van der Waals surface area contributed by atoms with Crippen LogP contribution in [0.4, 0.5) is 5.82 Å². The fraction of sp³-hybridized carbons (Fsp3) is 0.583. The lowest BCUT2D eigenvalue weighted by Gasteiger charge is -2.38. The fourth-order valence-corrected chi connectivity index (χ4v) is 4.28. The summed E-state index contributed by atoms with van der Waals surface area (Å²) in [4.78, 5) is 6.91. The molecule has 3 heterocycles. The second kappa shape index (κ2) is 4.52. The molecule has 3 rings (SSSR count). The topological polar surface area (TPSA) is 36.4 Å². The van der Waals surface area contributed by atoms with Gasteiger partial charge in [0, 0.05) is 22.8 Å². The SMILES string of the molecule is OC1CC2CCC(C1)N2c1ncc(Br)cc1Br. The van der Waals surface area contributed by atoms with Crippen LogP contribution in [0.1, 0.15) is 25.7 Å². The van der Waals surface area contributed by atoms with Crippen molar-refractivity contribution in [2.24, 2.45) is 0 Å². The van der Waals surface area contributed by atoms with Gasteiger partial charge in [0.05, 0.1) is 10.6 Å².